The summed E-state index contributed by atoms with van der Waals surface area (Å²) in [5, 5.41) is 18.0. The number of nitrogens with zero attached hydrogens (tertiary/aromatic N) is 3. The summed E-state index contributed by atoms with van der Waals surface area (Å²) in [5.74, 6) is 0.656. The highest BCUT2D eigenvalue weighted by Gasteiger charge is 2.13. The van der Waals surface area contributed by atoms with E-state index >= 15 is 0 Å². The molecule has 5 heteroatoms. The maximum atomic E-state index is 9.07. The first kappa shape index (κ1) is 13.9. The Bertz CT molecular complexity index is 356. The van der Waals surface area contributed by atoms with Crippen LogP contribution in [0.15, 0.2) is 6.20 Å². The molecule has 96 valence electrons. The molecule has 0 saturated carbocycles. The van der Waals surface area contributed by atoms with Crippen LogP contribution in [0.2, 0.25) is 0 Å². The van der Waals surface area contributed by atoms with Crippen LogP contribution < -0.4 is 4.90 Å². The second kappa shape index (κ2) is 6.51. The lowest BCUT2D eigenvalue weighted by atomic mass is 10.2. The van der Waals surface area contributed by atoms with Gasteiger partial charge < -0.3 is 15.1 Å². The van der Waals surface area contributed by atoms with E-state index in [0.717, 1.165) is 17.8 Å². The average Bonchev–Trinajstić information content (AvgIpc) is 2.29. The molecule has 0 amide bonds. The third kappa shape index (κ3) is 3.64. The van der Waals surface area contributed by atoms with Crippen molar-refractivity contribution in [2.24, 2.45) is 0 Å². The van der Waals surface area contributed by atoms with Crippen LogP contribution in [0.4, 0.5) is 5.95 Å². The van der Waals surface area contributed by atoms with Gasteiger partial charge in [0.2, 0.25) is 5.95 Å². The van der Waals surface area contributed by atoms with E-state index in [2.05, 4.69) is 23.8 Å². The minimum absolute atomic E-state index is 0.0373. The summed E-state index contributed by atoms with van der Waals surface area (Å²) in [7, 11) is 0. The first-order valence-corrected chi connectivity index (χ1v) is 5.91. The number of hydrogen-bond donors (Lipinski definition) is 2. The molecule has 0 aliphatic rings. The average molecular weight is 239 g/mol. The maximum Gasteiger partial charge on any atom is 0.225 e. The molecule has 1 aromatic rings. The van der Waals surface area contributed by atoms with Gasteiger partial charge in [-0.25, -0.2) is 9.97 Å². The van der Waals surface area contributed by atoms with Crippen LogP contribution in [0.25, 0.3) is 0 Å². The predicted molar refractivity (Wildman–Crippen MR) is 66.9 cm³/mol. The molecule has 0 aliphatic heterocycles. The van der Waals surface area contributed by atoms with Gasteiger partial charge in [-0.15, -0.1) is 0 Å². The van der Waals surface area contributed by atoms with Gasteiger partial charge in [-0.2, -0.15) is 0 Å². The van der Waals surface area contributed by atoms with E-state index in [0.29, 0.717) is 12.4 Å². The van der Waals surface area contributed by atoms with E-state index in [4.69, 9.17) is 10.2 Å². The van der Waals surface area contributed by atoms with Crippen molar-refractivity contribution in [2.45, 2.75) is 39.8 Å². The van der Waals surface area contributed by atoms with Crippen LogP contribution in [0.5, 0.6) is 0 Å². The molecule has 0 fully saturated rings. The van der Waals surface area contributed by atoms with E-state index in [1.54, 1.807) is 6.20 Å². The van der Waals surface area contributed by atoms with Gasteiger partial charge in [0.1, 0.15) is 0 Å². The molecule has 0 bridgehead atoms. The van der Waals surface area contributed by atoms with Gasteiger partial charge in [0.15, 0.2) is 0 Å². The van der Waals surface area contributed by atoms with Gasteiger partial charge in [0, 0.05) is 36.6 Å². The summed E-state index contributed by atoms with van der Waals surface area (Å²) in [6.07, 6.45) is 2.36. The summed E-state index contributed by atoms with van der Waals surface area (Å²) < 4.78 is 0. The van der Waals surface area contributed by atoms with Crippen LogP contribution in [0.1, 0.15) is 31.5 Å². The first-order chi connectivity index (χ1) is 8.10. The van der Waals surface area contributed by atoms with E-state index in [1.807, 2.05) is 11.8 Å². The third-order valence-electron chi connectivity index (χ3n) is 2.68. The predicted octanol–water partition coefficient (Wildman–Crippen LogP) is 0.875. The number of anilines is 1. The Balaban J connectivity index is 2.90. The molecule has 1 rings (SSSR count). The number of aryl methyl sites for hydroxylation is 1. The molecule has 0 aliphatic carbocycles. The van der Waals surface area contributed by atoms with Gasteiger partial charge in [-0.05, 0) is 27.2 Å². The lowest BCUT2D eigenvalue weighted by Crippen LogP contribution is -2.34. The Kier molecular flexibility index (Phi) is 5.31. The third-order valence-corrected chi connectivity index (χ3v) is 2.68. The highest BCUT2D eigenvalue weighted by atomic mass is 16.3. The molecule has 0 saturated heterocycles. The van der Waals surface area contributed by atoms with Crippen LogP contribution in [0.3, 0.4) is 0 Å². The van der Waals surface area contributed by atoms with Crippen molar-refractivity contribution >= 4 is 5.95 Å². The lowest BCUT2D eigenvalue weighted by Gasteiger charge is -2.26. The van der Waals surface area contributed by atoms with E-state index in [9.17, 15) is 0 Å². The summed E-state index contributed by atoms with van der Waals surface area (Å²) >= 11 is 0. The Hall–Kier alpha value is -1.20. The quantitative estimate of drug-likeness (QED) is 0.771. The number of aromatic nitrogens is 2. The number of rotatable bonds is 6. The highest BCUT2D eigenvalue weighted by Crippen LogP contribution is 2.14. The van der Waals surface area contributed by atoms with Crippen molar-refractivity contribution in [1.82, 2.24) is 9.97 Å². The SMILES string of the molecule is Cc1nc(N(CCCO)C(C)C)ncc1CO. The summed E-state index contributed by atoms with van der Waals surface area (Å²) in [6.45, 7) is 6.85. The zero-order chi connectivity index (χ0) is 12.8. The molecule has 17 heavy (non-hydrogen) atoms. The Morgan fingerprint density at radius 2 is 2.06 bits per heavy atom. The van der Waals surface area contributed by atoms with Crippen molar-refractivity contribution in [3.8, 4) is 0 Å². The minimum atomic E-state index is -0.0373. The zero-order valence-electron chi connectivity index (χ0n) is 10.7. The van der Waals surface area contributed by atoms with Crippen molar-refractivity contribution in [2.75, 3.05) is 18.1 Å². The smallest absolute Gasteiger partial charge is 0.225 e. The summed E-state index contributed by atoms with van der Waals surface area (Å²) in [4.78, 5) is 10.7. The molecular formula is C12H21N3O2. The van der Waals surface area contributed by atoms with E-state index in [-0.39, 0.29) is 19.3 Å². The second-order valence-corrected chi connectivity index (χ2v) is 4.30. The monoisotopic (exact) mass is 239 g/mol. The second-order valence-electron chi connectivity index (χ2n) is 4.30. The van der Waals surface area contributed by atoms with E-state index < -0.39 is 0 Å². The van der Waals surface area contributed by atoms with Gasteiger partial charge in [0.05, 0.1) is 6.61 Å². The van der Waals surface area contributed by atoms with Crippen LogP contribution >= 0.6 is 0 Å². The molecule has 0 atom stereocenters. The summed E-state index contributed by atoms with van der Waals surface area (Å²) in [6, 6.07) is 0.279. The molecular weight excluding hydrogens is 218 g/mol. The van der Waals surface area contributed by atoms with Crippen molar-refractivity contribution in [3.63, 3.8) is 0 Å². The van der Waals surface area contributed by atoms with Crippen LogP contribution in [-0.2, 0) is 6.61 Å². The van der Waals surface area contributed by atoms with Crippen molar-refractivity contribution in [3.05, 3.63) is 17.5 Å². The Morgan fingerprint density at radius 1 is 1.35 bits per heavy atom. The zero-order valence-corrected chi connectivity index (χ0v) is 10.7. The van der Waals surface area contributed by atoms with Crippen molar-refractivity contribution < 1.29 is 10.2 Å². The van der Waals surface area contributed by atoms with Crippen molar-refractivity contribution in [1.29, 1.82) is 0 Å². The highest BCUT2D eigenvalue weighted by molar-refractivity contribution is 5.33. The van der Waals surface area contributed by atoms with E-state index in [1.165, 1.54) is 0 Å². The molecule has 1 aromatic heterocycles. The number of hydrogen-bond acceptors (Lipinski definition) is 5. The standard InChI is InChI=1S/C12H21N3O2/c1-9(2)15(5-4-6-16)12-13-7-11(8-17)10(3)14-12/h7,9,16-17H,4-6,8H2,1-3H3. The van der Waals surface area contributed by atoms with Crippen LogP contribution in [0, 0.1) is 6.92 Å². The topological polar surface area (TPSA) is 69.5 Å². The van der Waals surface area contributed by atoms with Gasteiger partial charge in [0.25, 0.3) is 0 Å². The Morgan fingerprint density at radius 3 is 2.53 bits per heavy atom. The normalized spacial score (nSPS) is 10.9. The molecule has 2 N–H and O–H groups in total. The lowest BCUT2D eigenvalue weighted by molar-refractivity contribution is 0.280. The Labute approximate surface area is 102 Å². The molecule has 5 nitrogen and oxygen atoms in total. The molecule has 0 spiro atoms. The number of aliphatic hydroxyl groups excluding tert-OH is 2. The van der Waals surface area contributed by atoms with Crippen LogP contribution in [-0.4, -0.2) is 39.4 Å². The fourth-order valence-electron chi connectivity index (χ4n) is 1.60. The molecule has 0 unspecified atom stereocenters. The molecule has 0 radical (unpaired) electrons. The van der Waals surface area contributed by atoms with Gasteiger partial charge in [-0.3, -0.25) is 0 Å². The van der Waals surface area contributed by atoms with Gasteiger partial charge >= 0.3 is 0 Å². The molecule has 0 aromatic carbocycles. The maximum absolute atomic E-state index is 9.07. The van der Waals surface area contributed by atoms with Gasteiger partial charge in [-0.1, -0.05) is 0 Å². The minimum Gasteiger partial charge on any atom is -0.396 e. The number of aliphatic hydroxyl groups is 2. The summed E-state index contributed by atoms with van der Waals surface area (Å²) in [5.41, 5.74) is 1.55. The largest absolute Gasteiger partial charge is 0.396 e. The molecule has 1 heterocycles. The fourth-order valence-corrected chi connectivity index (χ4v) is 1.60. The fraction of sp³-hybridized carbons (Fsp3) is 0.667. The first-order valence-electron chi connectivity index (χ1n) is 5.91.